The van der Waals surface area contributed by atoms with Gasteiger partial charge in [0.15, 0.2) is 6.04 Å². The van der Waals surface area contributed by atoms with Crippen molar-refractivity contribution >= 4 is 17.8 Å². The monoisotopic (exact) mass is 476 g/mol. The standard InChI is InChI=1S/C27H29N3O5/c28-22(15-18-7-3-1-4-8-18)25(32)29-23(16-20-11-13-21(31)14-12-20)26(33)30-24(27(34)35)17-19-9-5-2-6-10-19/h1-14,22-24,31H,15-17,28H2,(H,29,32)(H,30,33)(H,34,35)/p+1/t22-,23-,24-/m0/s1. The average Bonchev–Trinajstić information content (AvgIpc) is 2.85. The summed E-state index contributed by atoms with van der Waals surface area (Å²) in [5, 5.41) is 24.5. The highest BCUT2D eigenvalue weighted by atomic mass is 16.4. The molecule has 35 heavy (non-hydrogen) atoms. The molecule has 0 saturated heterocycles. The Hall–Kier alpha value is -4.17. The summed E-state index contributed by atoms with van der Waals surface area (Å²) < 4.78 is 0. The van der Waals surface area contributed by atoms with Gasteiger partial charge in [-0.2, -0.15) is 0 Å². The van der Waals surface area contributed by atoms with E-state index in [2.05, 4.69) is 16.4 Å². The van der Waals surface area contributed by atoms with Gasteiger partial charge < -0.3 is 26.6 Å². The van der Waals surface area contributed by atoms with Gasteiger partial charge >= 0.3 is 5.97 Å². The highest BCUT2D eigenvalue weighted by Crippen LogP contribution is 2.12. The van der Waals surface area contributed by atoms with Crippen LogP contribution >= 0.6 is 0 Å². The van der Waals surface area contributed by atoms with Gasteiger partial charge in [0.2, 0.25) is 5.91 Å². The quantitative estimate of drug-likeness (QED) is 0.281. The number of carbonyl (C=O) groups is 3. The number of benzene rings is 3. The van der Waals surface area contributed by atoms with Gasteiger partial charge in [-0.1, -0.05) is 72.8 Å². The second kappa shape index (κ2) is 12.3. The van der Waals surface area contributed by atoms with Crippen LogP contribution in [-0.2, 0) is 33.6 Å². The summed E-state index contributed by atoms with van der Waals surface area (Å²) in [5.74, 6) is -2.12. The molecule has 0 aromatic heterocycles. The van der Waals surface area contributed by atoms with Crippen LogP contribution in [0.3, 0.4) is 0 Å². The summed E-state index contributed by atoms with van der Waals surface area (Å²) in [6.07, 6.45) is 0.618. The van der Waals surface area contributed by atoms with E-state index in [1.807, 2.05) is 36.4 Å². The van der Waals surface area contributed by atoms with Gasteiger partial charge in [0.1, 0.15) is 17.8 Å². The molecule has 8 heteroatoms. The fourth-order valence-electron chi connectivity index (χ4n) is 3.68. The molecule has 0 aliphatic rings. The van der Waals surface area contributed by atoms with Crippen LogP contribution in [0, 0.1) is 0 Å². The van der Waals surface area contributed by atoms with Gasteiger partial charge in [-0.15, -0.1) is 0 Å². The first-order valence-corrected chi connectivity index (χ1v) is 11.3. The van der Waals surface area contributed by atoms with Crippen LogP contribution in [-0.4, -0.2) is 46.1 Å². The second-order valence-corrected chi connectivity index (χ2v) is 8.41. The maximum atomic E-state index is 13.2. The van der Waals surface area contributed by atoms with Crippen molar-refractivity contribution in [2.45, 2.75) is 37.4 Å². The van der Waals surface area contributed by atoms with E-state index in [1.54, 1.807) is 36.4 Å². The zero-order chi connectivity index (χ0) is 25.2. The molecular formula is C27H30N3O5+. The third-order valence-corrected chi connectivity index (χ3v) is 5.60. The fourth-order valence-corrected chi connectivity index (χ4v) is 3.68. The van der Waals surface area contributed by atoms with Gasteiger partial charge in [0.05, 0.1) is 0 Å². The van der Waals surface area contributed by atoms with E-state index in [9.17, 15) is 24.6 Å². The molecule has 0 saturated carbocycles. The lowest BCUT2D eigenvalue weighted by Gasteiger charge is -2.22. The molecule has 0 heterocycles. The van der Waals surface area contributed by atoms with Crippen molar-refractivity contribution in [3.8, 4) is 5.75 Å². The third kappa shape index (κ3) is 7.97. The van der Waals surface area contributed by atoms with Crippen LogP contribution in [0.1, 0.15) is 16.7 Å². The zero-order valence-electron chi connectivity index (χ0n) is 19.3. The molecule has 3 aromatic carbocycles. The summed E-state index contributed by atoms with van der Waals surface area (Å²) in [5.41, 5.74) is 6.34. The van der Waals surface area contributed by atoms with Gasteiger partial charge in [-0.05, 0) is 28.8 Å². The topological polar surface area (TPSA) is 143 Å². The van der Waals surface area contributed by atoms with Crippen LogP contribution < -0.4 is 16.4 Å². The van der Waals surface area contributed by atoms with Crippen LogP contribution in [0.4, 0.5) is 0 Å². The Bertz CT molecular complexity index is 1120. The number of hydrogen-bond acceptors (Lipinski definition) is 4. The number of carboxylic acids is 1. The number of aliphatic carboxylic acids is 1. The summed E-state index contributed by atoms with van der Waals surface area (Å²) in [6, 6.07) is 21.8. The minimum Gasteiger partial charge on any atom is -0.508 e. The Labute approximate surface area is 203 Å². The second-order valence-electron chi connectivity index (χ2n) is 8.41. The predicted octanol–water partition coefficient (Wildman–Crippen LogP) is 1.08. The molecule has 2 amide bonds. The van der Waals surface area contributed by atoms with Gasteiger partial charge in [0, 0.05) is 19.3 Å². The Morgan fingerprint density at radius 3 is 1.66 bits per heavy atom. The van der Waals surface area contributed by atoms with Gasteiger partial charge in [0.25, 0.3) is 5.91 Å². The fraction of sp³-hybridized carbons (Fsp3) is 0.222. The van der Waals surface area contributed by atoms with E-state index in [1.165, 1.54) is 12.1 Å². The summed E-state index contributed by atoms with van der Waals surface area (Å²) in [6.45, 7) is 0. The van der Waals surface area contributed by atoms with Crippen molar-refractivity contribution in [2.75, 3.05) is 0 Å². The molecule has 0 radical (unpaired) electrons. The summed E-state index contributed by atoms with van der Waals surface area (Å²) >= 11 is 0. The molecule has 0 bridgehead atoms. The highest BCUT2D eigenvalue weighted by molar-refractivity contribution is 5.91. The molecule has 0 aliphatic heterocycles. The van der Waals surface area contributed by atoms with E-state index < -0.39 is 35.9 Å². The van der Waals surface area contributed by atoms with Gasteiger partial charge in [-0.3, -0.25) is 9.59 Å². The zero-order valence-corrected chi connectivity index (χ0v) is 19.3. The Morgan fingerprint density at radius 1 is 0.657 bits per heavy atom. The number of quaternary nitrogens is 1. The molecule has 0 spiro atoms. The maximum absolute atomic E-state index is 13.2. The number of aromatic hydroxyl groups is 1. The van der Waals surface area contributed by atoms with E-state index in [-0.39, 0.29) is 18.6 Å². The number of phenols is 1. The molecule has 3 rings (SSSR count). The molecule has 3 aromatic rings. The molecular weight excluding hydrogens is 446 g/mol. The maximum Gasteiger partial charge on any atom is 0.326 e. The van der Waals surface area contributed by atoms with Crippen molar-refractivity contribution in [1.82, 2.24) is 10.6 Å². The van der Waals surface area contributed by atoms with Crippen molar-refractivity contribution in [2.24, 2.45) is 0 Å². The number of carboxylic acid groups (broad SMARTS) is 1. The van der Waals surface area contributed by atoms with Crippen molar-refractivity contribution in [1.29, 1.82) is 0 Å². The minimum atomic E-state index is -1.17. The molecule has 0 fully saturated rings. The third-order valence-electron chi connectivity index (χ3n) is 5.60. The van der Waals surface area contributed by atoms with Crippen LogP contribution in [0.5, 0.6) is 5.75 Å². The highest BCUT2D eigenvalue weighted by Gasteiger charge is 2.29. The van der Waals surface area contributed by atoms with Crippen LogP contribution in [0.2, 0.25) is 0 Å². The van der Waals surface area contributed by atoms with E-state index >= 15 is 0 Å². The number of phenolic OH excluding ortho intramolecular Hbond substituents is 1. The lowest BCUT2D eigenvalue weighted by atomic mass is 10.0. The first kappa shape index (κ1) is 25.5. The number of nitrogens with one attached hydrogen (secondary N) is 2. The first-order valence-electron chi connectivity index (χ1n) is 11.3. The number of carbonyl (C=O) groups excluding carboxylic acids is 2. The molecule has 0 unspecified atom stereocenters. The first-order chi connectivity index (χ1) is 16.8. The van der Waals surface area contributed by atoms with Gasteiger partial charge in [-0.25, -0.2) is 4.79 Å². The SMILES string of the molecule is [NH3+][C@@H](Cc1ccccc1)C(=O)N[C@@H](Cc1ccc(O)cc1)C(=O)N[C@@H](Cc1ccccc1)C(=O)O. The molecule has 7 N–H and O–H groups in total. The Balaban J connectivity index is 1.74. The molecule has 0 aliphatic carbocycles. The molecule has 3 atom stereocenters. The van der Waals surface area contributed by atoms with Crippen molar-refractivity contribution in [3.05, 3.63) is 102 Å². The number of amides is 2. The summed E-state index contributed by atoms with van der Waals surface area (Å²) in [4.78, 5) is 37.9. The normalized spacial score (nSPS) is 13.3. The Morgan fingerprint density at radius 2 is 1.11 bits per heavy atom. The number of rotatable bonds is 11. The number of hydrogen-bond donors (Lipinski definition) is 5. The van der Waals surface area contributed by atoms with Crippen molar-refractivity contribution in [3.63, 3.8) is 0 Å². The average molecular weight is 477 g/mol. The van der Waals surface area contributed by atoms with E-state index in [4.69, 9.17) is 0 Å². The lowest BCUT2D eigenvalue weighted by molar-refractivity contribution is -0.403. The van der Waals surface area contributed by atoms with Crippen LogP contribution in [0.15, 0.2) is 84.9 Å². The lowest BCUT2D eigenvalue weighted by Crippen LogP contribution is -2.70. The predicted molar refractivity (Wildman–Crippen MR) is 130 cm³/mol. The minimum absolute atomic E-state index is 0.0771. The summed E-state index contributed by atoms with van der Waals surface area (Å²) in [7, 11) is 0. The smallest absolute Gasteiger partial charge is 0.326 e. The largest absolute Gasteiger partial charge is 0.508 e. The van der Waals surface area contributed by atoms with E-state index in [0.717, 1.165) is 11.1 Å². The van der Waals surface area contributed by atoms with Crippen LogP contribution in [0.25, 0.3) is 0 Å². The van der Waals surface area contributed by atoms with E-state index in [0.29, 0.717) is 12.0 Å². The Kier molecular flexibility index (Phi) is 8.97. The molecule has 182 valence electrons. The van der Waals surface area contributed by atoms with Crippen molar-refractivity contribution < 1.29 is 30.3 Å². The molecule has 8 nitrogen and oxygen atoms in total.